The number of nitrogens with one attached hydrogen (secondary N) is 2. The van der Waals surface area contributed by atoms with Gasteiger partial charge in [-0.2, -0.15) is 5.26 Å². The average Bonchev–Trinajstić information content (AvgIpc) is 3.10. The van der Waals surface area contributed by atoms with Crippen molar-refractivity contribution in [1.29, 1.82) is 5.26 Å². The fourth-order valence-corrected chi connectivity index (χ4v) is 4.57. The van der Waals surface area contributed by atoms with Crippen LogP contribution in [0.3, 0.4) is 0 Å². The molecule has 1 aliphatic rings. The zero-order valence-corrected chi connectivity index (χ0v) is 15.5. The summed E-state index contributed by atoms with van der Waals surface area (Å²) < 4.78 is 1.09. The summed E-state index contributed by atoms with van der Waals surface area (Å²) in [5.41, 5.74) is 0. The molecule has 2 amide bonds. The molecule has 2 rings (SSSR count). The minimum atomic E-state index is -0.261. The normalized spacial score (nSPS) is 16.2. The number of thiophene rings is 1. The quantitative estimate of drug-likeness (QED) is 0.575. The Morgan fingerprint density at radius 3 is 2.71 bits per heavy atom. The van der Waals surface area contributed by atoms with Crippen molar-refractivity contribution in [3.63, 3.8) is 0 Å². The van der Waals surface area contributed by atoms with Crippen molar-refractivity contribution in [2.45, 2.75) is 36.3 Å². The number of nitriles is 1. The van der Waals surface area contributed by atoms with Gasteiger partial charge in [0.05, 0.1) is 21.1 Å². The monoisotopic (exact) mass is 365 g/mol. The second-order valence-electron chi connectivity index (χ2n) is 5.91. The standard InChI is InChI=1S/C17H23N3O2S2/c1-23-15-8-7-14(24-15)17(22)20-11-13(16(21)19-10-9-18)12-5-3-2-4-6-12/h7-8,12-13H,2-6,10-11H2,1H3,(H,19,21)(H,20,22). The molecule has 0 radical (unpaired) electrons. The number of amides is 2. The number of thioether (sulfide) groups is 1. The Hall–Kier alpha value is -1.52. The third-order valence-electron chi connectivity index (χ3n) is 4.39. The lowest BCUT2D eigenvalue weighted by Crippen LogP contribution is -2.43. The van der Waals surface area contributed by atoms with Crippen molar-refractivity contribution < 1.29 is 9.59 Å². The van der Waals surface area contributed by atoms with E-state index < -0.39 is 0 Å². The number of carbonyl (C=O) groups is 2. The molecule has 24 heavy (non-hydrogen) atoms. The maximum absolute atomic E-state index is 12.4. The Bertz CT molecular complexity index is 603. The zero-order chi connectivity index (χ0) is 17.4. The smallest absolute Gasteiger partial charge is 0.261 e. The van der Waals surface area contributed by atoms with Crippen molar-refractivity contribution in [2.75, 3.05) is 19.3 Å². The van der Waals surface area contributed by atoms with Crippen LogP contribution in [-0.2, 0) is 4.79 Å². The molecule has 1 unspecified atom stereocenters. The molecule has 7 heteroatoms. The van der Waals surface area contributed by atoms with Crippen LogP contribution < -0.4 is 10.6 Å². The third-order valence-corrected chi connectivity index (χ3v) is 6.55. The molecule has 0 aliphatic heterocycles. The molecule has 0 spiro atoms. The van der Waals surface area contributed by atoms with Gasteiger partial charge < -0.3 is 10.6 Å². The lowest BCUT2D eigenvalue weighted by Gasteiger charge is -2.29. The summed E-state index contributed by atoms with van der Waals surface area (Å²) in [6.45, 7) is 0.339. The summed E-state index contributed by atoms with van der Waals surface area (Å²) in [5.74, 6) is -0.237. The highest BCUT2D eigenvalue weighted by molar-refractivity contribution is 8.00. The molecule has 1 saturated carbocycles. The first-order valence-corrected chi connectivity index (χ1v) is 10.3. The van der Waals surface area contributed by atoms with Crippen LogP contribution in [0.4, 0.5) is 0 Å². The first-order valence-electron chi connectivity index (χ1n) is 8.22. The highest BCUT2D eigenvalue weighted by Gasteiger charge is 2.29. The first-order chi connectivity index (χ1) is 11.7. The fourth-order valence-electron chi connectivity index (χ4n) is 3.11. The molecule has 130 valence electrons. The minimum Gasteiger partial charge on any atom is -0.351 e. The van der Waals surface area contributed by atoms with E-state index in [0.717, 1.165) is 29.9 Å². The van der Waals surface area contributed by atoms with E-state index in [0.29, 0.717) is 11.4 Å². The van der Waals surface area contributed by atoms with E-state index in [9.17, 15) is 9.59 Å². The average molecular weight is 366 g/mol. The summed E-state index contributed by atoms with van der Waals surface area (Å²) >= 11 is 3.07. The second kappa shape index (κ2) is 9.70. The molecule has 0 saturated heterocycles. The van der Waals surface area contributed by atoms with Gasteiger partial charge in [-0.1, -0.05) is 19.3 Å². The molecule has 5 nitrogen and oxygen atoms in total. The maximum atomic E-state index is 12.4. The molecule has 1 atom stereocenters. The number of hydrogen-bond donors (Lipinski definition) is 2. The SMILES string of the molecule is CSc1ccc(C(=O)NCC(C(=O)NCC#N)C2CCCCC2)s1. The first kappa shape index (κ1) is 18.8. The molecule has 1 aliphatic carbocycles. The van der Waals surface area contributed by atoms with Crippen molar-refractivity contribution in [1.82, 2.24) is 10.6 Å². The van der Waals surface area contributed by atoms with E-state index in [1.165, 1.54) is 17.8 Å². The Morgan fingerprint density at radius 2 is 2.08 bits per heavy atom. The molecule has 0 bridgehead atoms. The van der Waals surface area contributed by atoms with Gasteiger partial charge in [0.1, 0.15) is 6.54 Å². The largest absolute Gasteiger partial charge is 0.351 e. The second-order valence-corrected chi connectivity index (χ2v) is 8.10. The predicted octanol–water partition coefficient (Wildman–Crippen LogP) is 3.04. The molecule has 0 aromatic carbocycles. The van der Waals surface area contributed by atoms with Crippen LogP contribution in [0.2, 0.25) is 0 Å². The van der Waals surface area contributed by atoms with Crippen molar-refractivity contribution >= 4 is 34.9 Å². The molecule has 1 aromatic heterocycles. The van der Waals surface area contributed by atoms with Crippen molar-refractivity contribution in [3.8, 4) is 6.07 Å². The number of hydrogen-bond acceptors (Lipinski definition) is 5. The van der Waals surface area contributed by atoms with Crippen molar-refractivity contribution in [2.24, 2.45) is 11.8 Å². The van der Waals surface area contributed by atoms with E-state index in [1.54, 1.807) is 11.8 Å². The van der Waals surface area contributed by atoms with Gasteiger partial charge in [-0.3, -0.25) is 9.59 Å². The van der Waals surface area contributed by atoms with Gasteiger partial charge in [-0.05, 0) is 37.1 Å². The predicted molar refractivity (Wildman–Crippen MR) is 97.1 cm³/mol. The highest BCUT2D eigenvalue weighted by atomic mass is 32.2. The Labute approximate surface area is 151 Å². The lowest BCUT2D eigenvalue weighted by molar-refractivity contribution is -0.126. The van der Waals surface area contributed by atoms with Gasteiger partial charge in [0.25, 0.3) is 5.91 Å². The van der Waals surface area contributed by atoms with Crippen LogP contribution >= 0.6 is 23.1 Å². The summed E-state index contributed by atoms with van der Waals surface area (Å²) in [7, 11) is 0. The van der Waals surface area contributed by atoms with E-state index in [1.807, 2.05) is 24.5 Å². The molecule has 2 N–H and O–H groups in total. The molecule has 1 heterocycles. The highest BCUT2D eigenvalue weighted by Crippen LogP contribution is 2.30. The number of nitrogens with zero attached hydrogens (tertiary/aromatic N) is 1. The number of carbonyl (C=O) groups excluding carboxylic acids is 2. The van der Waals surface area contributed by atoms with Crippen LogP contribution in [0.15, 0.2) is 16.3 Å². The number of rotatable bonds is 7. The van der Waals surface area contributed by atoms with E-state index >= 15 is 0 Å². The van der Waals surface area contributed by atoms with Gasteiger partial charge in [-0.25, -0.2) is 0 Å². The Balaban J connectivity index is 1.97. The summed E-state index contributed by atoms with van der Waals surface area (Å²) in [6.07, 6.45) is 7.46. The van der Waals surface area contributed by atoms with Gasteiger partial charge in [0.2, 0.25) is 5.91 Å². The van der Waals surface area contributed by atoms with Gasteiger partial charge in [0, 0.05) is 6.54 Å². The maximum Gasteiger partial charge on any atom is 0.261 e. The van der Waals surface area contributed by atoms with E-state index in [2.05, 4.69) is 10.6 Å². The van der Waals surface area contributed by atoms with Crippen LogP contribution in [-0.4, -0.2) is 31.2 Å². The van der Waals surface area contributed by atoms with Crippen molar-refractivity contribution in [3.05, 3.63) is 17.0 Å². The minimum absolute atomic E-state index is 0.0119. The van der Waals surface area contributed by atoms with Gasteiger partial charge in [0.15, 0.2) is 0 Å². The zero-order valence-electron chi connectivity index (χ0n) is 13.8. The van der Waals surface area contributed by atoms with Crippen LogP contribution in [0, 0.1) is 23.2 Å². The molecule has 1 fully saturated rings. The third kappa shape index (κ3) is 5.25. The lowest BCUT2D eigenvalue weighted by atomic mass is 9.79. The van der Waals surface area contributed by atoms with E-state index in [-0.39, 0.29) is 30.2 Å². The van der Waals surface area contributed by atoms with Crippen LogP contribution in [0.5, 0.6) is 0 Å². The molecule has 1 aromatic rings. The van der Waals surface area contributed by atoms with E-state index in [4.69, 9.17) is 5.26 Å². The van der Waals surface area contributed by atoms with Gasteiger partial charge >= 0.3 is 0 Å². The molecular formula is C17H23N3O2S2. The Morgan fingerprint density at radius 1 is 1.33 bits per heavy atom. The summed E-state index contributed by atoms with van der Waals surface area (Å²) in [6, 6.07) is 5.69. The van der Waals surface area contributed by atoms with Crippen LogP contribution in [0.1, 0.15) is 41.8 Å². The van der Waals surface area contributed by atoms with Gasteiger partial charge in [-0.15, -0.1) is 23.1 Å². The topological polar surface area (TPSA) is 82.0 Å². The summed E-state index contributed by atoms with van der Waals surface area (Å²) in [4.78, 5) is 25.4. The Kier molecular flexibility index (Phi) is 7.60. The molecular weight excluding hydrogens is 342 g/mol. The fraction of sp³-hybridized carbons (Fsp3) is 0.588. The van der Waals surface area contributed by atoms with Crippen LogP contribution in [0.25, 0.3) is 0 Å². The summed E-state index contributed by atoms with van der Waals surface area (Å²) in [5, 5.41) is 14.2.